The van der Waals surface area contributed by atoms with Crippen molar-refractivity contribution >= 4 is 5.78 Å². The zero-order chi connectivity index (χ0) is 15.2. The molecule has 116 valence electrons. The van der Waals surface area contributed by atoms with Crippen LogP contribution in [-0.2, 0) is 4.74 Å². The second-order valence-corrected chi connectivity index (χ2v) is 6.09. The Labute approximate surface area is 128 Å². The first-order valence-corrected chi connectivity index (χ1v) is 7.95. The molecule has 1 aromatic rings. The van der Waals surface area contributed by atoms with Crippen molar-refractivity contribution in [1.29, 1.82) is 0 Å². The summed E-state index contributed by atoms with van der Waals surface area (Å²) in [6, 6.07) is 8.41. The number of aryl methyl sites for hydroxylation is 1. The molecule has 0 radical (unpaired) electrons. The summed E-state index contributed by atoms with van der Waals surface area (Å²) in [6.07, 6.45) is 3.25. The molecule has 1 aliphatic rings. The fourth-order valence-electron chi connectivity index (χ4n) is 2.87. The van der Waals surface area contributed by atoms with E-state index in [9.17, 15) is 4.79 Å². The third-order valence-corrected chi connectivity index (χ3v) is 4.53. The van der Waals surface area contributed by atoms with Gasteiger partial charge in [-0.3, -0.25) is 9.69 Å². The van der Waals surface area contributed by atoms with Crippen LogP contribution in [0.5, 0.6) is 0 Å². The van der Waals surface area contributed by atoms with Crippen molar-refractivity contribution in [3.8, 4) is 0 Å². The zero-order valence-electron chi connectivity index (χ0n) is 13.5. The average molecular weight is 289 g/mol. The number of carbonyl (C=O) groups is 1. The first-order chi connectivity index (χ1) is 10.1. The quantitative estimate of drug-likeness (QED) is 0.653. The van der Waals surface area contributed by atoms with E-state index in [1.54, 1.807) is 7.11 Å². The molecule has 1 unspecified atom stereocenters. The van der Waals surface area contributed by atoms with E-state index >= 15 is 0 Å². The number of rotatable bonds is 9. The third kappa shape index (κ3) is 4.65. The standard InChI is InChI=1S/C18H27NO2/c1-14-6-4-5-7-17(14)18(20)10-11-19(12-13-21-3)15(2)16-8-9-16/h4-7,15-16H,8-13H2,1-3H3. The fourth-order valence-corrected chi connectivity index (χ4v) is 2.87. The number of ether oxygens (including phenoxy) is 1. The average Bonchev–Trinajstić information content (AvgIpc) is 3.31. The predicted octanol–water partition coefficient (Wildman–Crippen LogP) is 3.31. The van der Waals surface area contributed by atoms with E-state index in [-0.39, 0.29) is 5.78 Å². The summed E-state index contributed by atoms with van der Waals surface area (Å²) < 4.78 is 5.21. The van der Waals surface area contributed by atoms with Gasteiger partial charge in [-0.05, 0) is 38.2 Å². The highest BCUT2D eigenvalue weighted by Gasteiger charge is 2.31. The molecule has 1 atom stereocenters. The van der Waals surface area contributed by atoms with Gasteiger partial charge in [-0.25, -0.2) is 0 Å². The number of benzene rings is 1. The molecule has 21 heavy (non-hydrogen) atoms. The molecule has 1 saturated carbocycles. The van der Waals surface area contributed by atoms with Crippen molar-refractivity contribution in [2.45, 2.75) is 39.2 Å². The number of hydrogen-bond acceptors (Lipinski definition) is 3. The molecule has 2 rings (SSSR count). The van der Waals surface area contributed by atoms with Gasteiger partial charge in [0.05, 0.1) is 6.61 Å². The lowest BCUT2D eigenvalue weighted by Gasteiger charge is -2.28. The summed E-state index contributed by atoms with van der Waals surface area (Å²) in [4.78, 5) is 14.8. The van der Waals surface area contributed by atoms with E-state index in [4.69, 9.17) is 4.74 Å². The van der Waals surface area contributed by atoms with Crippen LogP contribution in [0.4, 0.5) is 0 Å². The van der Waals surface area contributed by atoms with Crippen LogP contribution >= 0.6 is 0 Å². The minimum atomic E-state index is 0.249. The number of nitrogens with zero attached hydrogens (tertiary/aromatic N) is 1. The van der Waals surface area contributed by atoms with Gasteiger partial charge in [0.1, 0.15) is 0 Å². The minimum absolute atomic E-state index is 0.249. The summed E-state index contributed by atoms with van der Waals surface area (Å²) >= 11 is 0. The van der Waals surface area contributed by atoms with Gasteiger partial charge in [0, 0.05) is 38.2 Å². The zero-order valence-corrected chi connectivity index (χ0v) is 13.5. The highest BCUT2D eigenvalue weighted by atomic mass is 16.5. The van der Waals surface area contributed by atoms with Crippen molar-refractivity contribution in [3.63, 3.8) is 0 Å². The molecule has 0 N–H and O–H groups in total. The Bertz CT molecular complexity index is 468. The Morgan fingerprint density at radius 3 is 2.67 bits per heavy atom. The fraction of sp³-hybridized carbons (Fsp3) is 0.611. The summed E-state index contributed by atoms with van der Waals surface area (Å²) in [6.45, 7) is 6.76. The van der Waals surface area contributed by atoms with Gasteiger partial charge in [-0.15, -0.1) is 0 Å². The number of hydrogen-bond donors (Lipinski definition) is 0. The van der Waals surface area contributed by atoms with E-state index in [2.05, 4.69) is 11.8 Å². The molecule has 3 nitrogen and oxygen atoms in total. The van der Waals surface area contributed by atoms with Crippen molar-refractivity contribution < 1.29 is 9.53 Å². The van der Waals surface area contributed by atoms with E-state index in [1.165, 1.54) is 12.8 Å². The van der Waals surface area contributed by atoms with Crippen LogP contribution in [0.3, 0.4) is 0 Å². The molecule has 1 fully saturated rings. The van der Waals surface area contributed by atoms with E-state index < -0.39 is 0 Å². The van der Waals surface area contributed by atoms with Gasteiger partial charge in [-0.1, -0.05) is 24.3 Å². The van der Waals surface area contributed by atoms with Gasteiger partial charge >= 0.3 is 0 Å². The Kier molecular flexibility index (Phi) is 5.95. The molecular formula is C18H27NO2. The maximum absolute atomic E-state index is 12.4. The van der Waals surface area contributed by atoms with E-state index in [0.717, 1.165) is 36.7 Å². The molecule has 0 saturated heterocycles. The maximum atomic E-state index is 12.4. The highest BCUT2D eigenvalue weighted by Crippen LogP contribution is 2.35. The van der Waals surface area contributed by atoms with Gasteiger partial charge in [0.15, 0.2) is 5.78 Å². The molecule has 0 bridgehead atoms. The molecule has 0 aliphatic heterocycles. The van der Waals surface area contributed by atoms with Crippen molar-refractivity contribution in [2.24, 2.45) is 5.92 Å². The van der Waals surface area contributed by atoms with Crippen LogP contribution in [0.15, 0.2) is 24.3 Å². The topological polar surface area (TPSA) is 29.5 Å². The maximum Gasteiger partial charge on any atom is 0.164 e. The summed E-state index contributed by atoms with van der Waals surface area (Å²) in [5.74, 6) is 1.06. The lowest BCUT2D eigenvalue weighted by molar-refractivity contribution is 0.0902. The highest BCUT2D eigenvalue weighted by molar-refractivity contribution is 5.97. The van der Waals surface area contributed by atoms with Crippen molar-refractivity contribution in [3.05, 3.63) is 35.4 Å². The summed E-state index contributed by atoms with van der Waals surface area (Å²) in [5.41, 5.74) is 1.93. The van der Waals surface area contributed by atoms with Crippen molar-refractivity contribution in [1.82, 2.24) is 4.90 Å². The largest absolute Gasteiger partial charge is 0.383 e. The van der Waals surface area contributed by atoms with Crippen LogP contribution in [0, 0.1) is 12.8 Å². The summed E-state index contributed by atoms with van der Waals surface area (Å²) in [5, 5.41) is 0. The van der Waals surface area contributed by atoms with E-state index in [1.807, 2.05) is 31.2 Å². The van der Waals surface area contributed by atoms with Gasteiger partial charge < -0.3 is 4.74 Å². The number of Topliss-reactive ketones (excluding diaryl/α,β-unsaturated/α-hetero) is 1. The van der Waals surface area contributed by atoms with E-state index in [0.29, 0.717) is 12.5 Å². The molecule has 0 aromatic heterocycles. The molecule has 3 heteroatoms. The second kappa shape index (κ2) is 7.71. The Hall–Kier alpha value is -1.19. The predicted molar refractivity (Wildman–Crippen MR) is 85.8 cm³/mol. The Balaban J connectivity index is 1.91. The SMILES string of the molecule is COCCN(CCC(=O)c1ccccc1C)C(C)C1CC1. The van der Waals surface area contributed by atoms with Gasteiger partial charge in [-0.2, -0.15) is 0 Å². The molecule has 0 spiro atoms. The van der Waals surface area contributed by atoms with Crippen LogP contribution in [0.1, 0.15) is 42.1 Å². The van der Waals surface area contributed by atoms with Crippen LogP contribution in [0.25, 0.3) is 0 Å². The second-order valence-electron chi connectivity index (χ2n) is 6.09. The van der Waals surface area contributed by atoms with Crippen LogP contribution in [0.2, 0.25) is 0 Å². The molecular weight excluding hydrogens is 262 g/mol. The number of ketones is 1. The van der Waals surface area contributed by atoms with Crippen LogP contribution in [-0.4, -0.2) is 43.5 Å². The number of carbonyl (C=O) groups excluding carboxylic acids is 1. The summed E-state index contributed by atoms with van der Waals surface area (Å²) in [7, 11) is 1.73. The third-order valence-electron chi connectivity index (χ3n) is 4.53. The van der Waals surface area contributed by atoms with Gasteiger partial charge in [0.2, 0.25) is 0 Å². The van der Waals surface area contributed by atoms with Gasteiger partial charge in [0.25, 0.3) is 0 Å². The Morgan fingerprint density at radius 1 is 1.33 bits per heavy atom. The minimum Gasteiger partial charge on any atom is -0.383 e. The normalized spacial score (nSPS) is 16.2. The molecule has 0 amide bonds. The molecule has 0 heterocycles. The molecule has 1 aromatic carbocycles. The lowest BCUT2D eigenvalue weighted by atomic mass is 10.0. The first-order valence-electron chi connectivity index (χ1n) is 7.95. The smallest absolute Gasteiger partial charge is 0.164 e. The van der Waals surface area contributed by atoms with Crippen molar-refractivity contribution in [2.75, 3.05) is 26.8 Å². The lowest BCUT2D eigenvalue weighted by Crippen LogP contribution is -2.38. The molecule has 1 aliphatic carbocycles. The van der Waals surface area contributed by atoms with Crippen LogP contribution < -0.4 is 0 Å². The first kappa shape index (κ1) is 16.2. The number of methoxy groups -OCH3 is 1. The monoisotopic (exact) mass is 289 g/mol. The Morgan fingerprint density at radius 2 is 2.05 bits per heavy atom.